The maximum absolute atomic E-state index is 4.29. The van der Waals surface area contributed by atoms with E-state index >= 15 is 0 Å². The molecule has 2 atom stereocenters. The number of allylic oxidation sites excluding steroid dienone is 1. The highest BCUT2D eigenvalue weighted by atomic mass is 79.9. The summed E-state index contributed by atoms with van der Waals surface area (Å²) in [4.78, 5) is 0. The minimum absolute atomic E-state index is 0.135. The van der Waals surface area contributed by atoms with E-state index in [0.717, 1.165) is 12.8 Å². The van der Waals surface area contributed by atoms with Gasteiger partial charge in [0.2, 0.25) is 0 Å². The lowest BCUT2D eigenvalue weighted by molar-refractivity contribution is -0.428. The van der Waals surface area contributed by atoms with Gasteiger partial charge in [0, 0.05) is 6.42 Å². The fourth-order valence-corrected chi connectivity index (χ4v) is 4.22. The fraction of sp³-hybridized carbons (Fsp3) is 0.893. The molecule has 2 heteroatoms. The van der Waals surface area contributed by atoms with Crippen LogP contribution in [0.25, 0.3) is 0 Å². The van der Waals surface area contributed by atoms with Crippen molar-refractivity contribution in [1.82, 2.24) is 0 Å². The smallest absolute Gasteiger partial charge is 0.0999 e. The van der Waals surface area contributed by atoms with Crippen LogP contribution >= 0.6 is 15.9 Å². The summed E-state index contributed by atoms with van der Waals surface area (Å²) in [6, 6.07) is 0.482. The van der Waals surface area contributed by atoms with E-state index in [2.05, 4.69) is 55.9 Å². The summed E-state index contributed by atoms with van der Waals surface area (Å²) in [5.74, 6) is 0. The minimum atomic E-state index is 0.135. The molecule has 0 heterocycles. The van der Waals surface area contributed by atoms with Gasteiger partial charge in [0.1, 0.15) is 0 Å². The number of quaternary nitrogens is 1. The summed E-state index contributed by atoms with van der Waals surface area (Å²) >= 11 is 3.79. The molecule has 0 spiro atoms. The van der Waals surface area contributed by atoms with Crippen LogP contribution < -0.4 is 5.73 Å². The Bertz CT molecular complexity index is 317. The molecule has 0 aliphatic heterocycles. The molecule has 0 aliphatic rings. The SMILES string of the molecule is C=CCC(C)(Br)C([NH3+])CCCCCCCCCC.[CH2-]CCCCCCCCCCC. The van der Waals surface area contributed by atoms with Crippen molar-refractivity contribution in [1.29, 1.82) is 0 Å². The van der Waals surface area contributed by atoms with Gasteiger partial charge < -0.3 is 12.7 Å². The summed E-state index contributed by atoms with van der Waals surface area (Å²) < 4.78 is 0.135. The predicted octanol–water partition coefficient (Wildman–Crippen LogP) is 9.60. The molecule has 0 aliphatic carbocycles. The second-order valence-corrected chi connectivity index (χ2v) is 11.2. The van der Waals surface area contributed by atoms with E-state index in [0.29, 0.717) is 6.04 Å². The summed E-state index contributed by atoms with van der Waals surface area (Å²) in [5.41, 5.74) is 4.29. The molecular weight excluding hydrogens is 430 g/mol. The summed E-state index contributed by atoms with van der Waals surface area (Å²) in [6.45, 7) is 14.4. The van der Waals surface area contributed by atoms with Crippen LogP contribution in [0.15, 0.2) is 12.7 Å². The molecule has 0 bridgehead atoms. The van der Waals surface area contributed by atoms with Gasteiger partial charge in [-0.2, -0.15) is 6.42 Å². The van der Waals surface area contributed by atoms with Crippen molar-refractivity contribution >= 4 is 15.9 Å². The van der Waals surface area contributed by atoms with Gasteiger partial charge >= 0.3 is 0 Å². The normalized spacial score (nSPS) is 13.9. The Kier molecular flexibility index (Phi) is 27.4. The van der Waals surface area contributed by atoms with Crippen LogP contribution in [0.3, 0.4) is 0 Å². The van der Waals surface area contributed by atoms with Crippen molar-refractivity contribution in [2.75, 3.05) is 0 Å². The molecule has 182 valence electrons. The quantitative estimate of drug-likeness (QED) is 0.0721. The summed E-state index contributed by atoms with van der Waals surface area (Å²) in [7, 11) is 0. The maximum Gasteiger partial charge on any atom is 0.0999 e. The van der Waals surface area contributed by atoms with E-state index in [-0.39, 0.29) is 4.32 Å². The molecule has 0 saturated carbocycles. The van der Waals surface area contributed by atoms with Crippen LogP contribution in [0, 0.1) is 6.92 Å². The molecule has 0 aromatic heterocycles. The first-order valence-electron chi connectivity index (χ1n) is 13.4. The second-order valence-electron chi connectivity index (χ2n) is 9.41. The Hall–Kier alpha value is 0.180. The van der Waals surface area contributed by atoms with Crippen LogP contribution in [-0.4, -0.2) is 10.4 Å². The number of alkyl halides is 1. The van der Waals surface area contributed by atoms with E-state index in [9.17, 15) is 0 Å². The first-order valence-corrected chi connectivity index (χ1v) is 14.2. The molecule has 0 radical (unpaired) electrons. The fourth-order valence-electron chi connectivity index (χ4n) is 3.76. The summed E-state index contributed by atoms with van der Waals surface area (Å²) in [5, 5.41) is 0. The predicted molar refractivity (Wildman–Crippen MR) is 143 cm³/mol. The number of hydrogen-bond acceptors (Lipinski definition) is 0. The minimum Gasteiger partial charge on any atom is -0.354 e. The Labute approximate surface area is 200 Å². The number of rotatable bonds is 21. The highest BCUT2D eigenvalue weighted by Gasteiger charge is 2.29. The molecule has 0 fully saturated rings. The van der Waals surface area contributed by atoms with Gasteiger partial charge in [0.15, 0.2) is 0 Å². The molecule has 0 amide bonds. The lowest BCUT2D eigenvalue weighted by Gasteiger charge is -2.25. The van der Waals surface area contributed by atoms with Gasteiger partial charge in [0.05, 0.1) is 10.4 Å². The van der Waals surface area contributed by atoms with Crippen LogP contribution in [0.4, 0.5) is 0 Å². The van der Waals surface area contributed by atoms with Crippen LogP contribution in [0.1, 0.15) is 149 Å². The van der Waals surface area contributed by atoms with E-state index in [1.807, 2.05) is 6.08 Å². The van der Waals surface area contributed by atoms with E-state index < -0.39 is 0 Å². The zero-order chi connectivity index (χ0) is 22.9. The van der Waals surface area contributed by atoms with Crippen molar-refractivity contribution in [3.8, 4) is 0 Å². The Morgan fingerprint density at radius 2 is 1.13 bits per heavy atom. The molecule has 0 aromatic carbocycles. The molecule has 0 saturated heterocycles. The van der Waals surface area contributed by atoms with Gasteiger partial charge in [-0.05, 0) is 19.8 Å². The molecule has 2 unspecified atom stereocenters. The standard InChI is InChI=1S/C16H32BrN.C12H25/c1-4-6-7-8-9-10-11-12-13-15(18)16(3,17)14-5-2;1-3-5-7-9-11-12-10-8-6-4-2/h5,15H,2,4,6-14,18H2,1,3H3;1,3-12H2,2H3/q;-1/p+1. The number of hydrogen-bond donors (Lipinski definition) is 1. The molecule has 1 nitrogen and oxygen atoms in total. The zero-order valence-corrected chi connectivity index (χ0v) is 22.9. The van der Waals surface area contributed by atoms with Crippen molar-refractivity contribution in [3.63, 3.8) is 0 Å². The Morgan fingerprint density at radius 1 is 0.767 bits per heavy atom. The third kappa shape index (κ3) is 24.4. The van der Waals surface area contributed by atoms with Crippen LogP contribution in [-0.2, 0) is 0 Å². The maximum atomic E-state index is 4.29. The van der Waals surface area contributed by atoms with Crippen LogP contribution in [0.5, 0.6) is 0 Å². The van der Waals surface area contributed by atoms with Crippen molar-refractivity contribution in [3.05, 3.63) is 19.6 Å². The van der Waals surface area contributed by atoms with Gasteiger partial charge in [-0.1, -0.05) is 139 Å². The van der Waals surface area contributed by atoms with Crippen molar-refractivity contribution in [2.45, 2.75) is 160 Å². The van der Waals surface area contributed by atoms with E-state index in [1.165, 1.54) is 116 Å². The molecule has 0 aromatic rings. The van der Waals surface area contributed by atoms with Crippen molar-refractivity contribution < 1.29 is 5.73 Å². The van der Waals surface area contributed by atoms with E-state index in [4.69, 9.17) is 0 Å². The number of halogens is 1. The third-order valence-corrected chi connectivity index (χ3v) is 7.13. The first-order chi connectivity index (χ1) is 14.5. The first kappa shape index (κ1) is 32.4. The second kappa shape index (κ2) is 25.4. The van der Waals surface area contributed by atoms with E-state index in [1.54, 1.807) is 0 Å². The zero-order valence-electron chi connectivity index (χ0n) is 21.3. The van der Waals surface area contributed by atoms with Gasteiger partial charge in [0.25, 0.3) is 0 Å². The molecular formula is C28H58BrN. The Balaban J connectivity index is 0. The lowest BCUT2D eigenvalue weighted by Crippen LogP contribution is -2.68. The van der Waals surface area contributed by atoms with Crippen molar-refractivity contribution in [2.24, 2.45) is 0 Å². The van der Waals surface area contributed by atoms with Gasteiger partial charge in [-0.3, -0.25) is 0 Å². The highest BCUT2D eigenvalue weighted by Crippen LogP contribution is 2.27. The lowest BCUT2D eigenvalue weighted by atomic mass is 9.93. The largest absolute Gasteiger partial charge is 0.354 e. The van der Waals surface area contributed by atoms with Crippen LogP contribution in [0.2, 0.25) is 0 Å². The third-order valence-electron chi connectivity index (χ3n) is 6.15. The molecule has 0 rings (SSSR count). The monoisotopic (exact) mass is 487 g/mol. The molecule has 30 heavy (non-hydrogen) atoms. The number of unbranched alkanes of at least 4 members (excludes halogenated alkanes) is 16. The highest BCUT2D eigenvalue weighted by molar-refractivity contribution is 9.10. The molecule has 3 N–H and O–H groups in total. The Morgan fingerprint density at radius 3 is 1.50 bits per heavy atom. The van der Waals surface area contributed by atoms with Gasteiger partial charge in [-0.15, -0.1) is 6.58 Å². The van der Waals surface area contributed by atoms with Gasteiger partial charge in [-0.25, -0.2) is 0 Å². The topological polar surface area (TPSA) is 27.6 Å². The summed E-state index contributed by atoms with van der Waals surface area (Å²) in [6.07, 6.45) is 29.2. The average molecular weight is 489 g/mol. The average Bonchev–Trinajstić information content (AvgIpc) is 2.72.